The quantitative estimate of drug-likeness (QED) is 0.314. The molecule has 0 heterocycles. The molecule has 0 saturated heterocycles. The predicted molar refractivity (Wildman–Crippen MR) is 101 cm³/mol. The monoisotopic (exact) mass is 377 g/mol. The number of likely N-dealkylation sites (N-methyl/N-ethyl adjacent to an activating group) is 2. The highest BCUT2D eigenvalue weighted by Gasteiger charge is 2.21. The van der Waals surface area contributed by atoms with Crippen LogP contribution in [0.4, 0.5) is 0 Å². The van der Waals surface area contributed by atoms with E-state index in [0.29, 0.717) is 6.54 Å². The topological polar surface area (TPSA) is 128 Å². The molecule has 148 valence electrons. The average molecular weight is 377 g/mol. The molecule has 0 saturated carbocycles. The molecule has 0 aromatic heterocycles. The van der Waals surface area contributed by atoms with Gasteiger partial charge in [0.15, 0.2) is 0 Å². The summed E-state index contributed by atoms with van der Waals surface area (Å²) in [4.78, 5) is 47.5. The first-order valence-corrected chi connectivity index (χ1v) is 8.75. The van der Waals surface area contributed by atoms with E-state index in [9.17, 15) is 19.2 Å². The fourth-order valence-electron chi connectivity index (χ4n) is 2.26. The molecule has 0 aliphatic heterocycles. The molecule has 0 radical (unpaired) electrons. The van der Waals surface area contributed by atoms with E-state index >= 15 is 0 Å². The molecule has 9 nitrogen and oxygen atoms in total. The number of rotatable bonds is 11. The number of benzene rings is 1. The minimum atomic E-state index is -0.865. The van der Waals surface area contributed by atoms with E-state index in [4.69, 9.17) is 0 Å². The van der Waals surface area contributed by atoms with Gasteiger partial charge in [0.25, 0.3) is 0 Å². The Morgan fingerprint density at radius 3 is 2.11 bits per heavy atom. The molecular weight excluding hydrogens is 350 g/mol. The van der Waals surface area contributed by atoms with Crippen LogP contribution in [-0.2, 0) is 25.6 Å². The maximum absolute atomic E-state index is 12.4. The summed E-state index contributed by atoms with van der Waals surface area (Å²) in [6.07, 6.45) is 0.262. The molecule has 1 unspecified atom stereocenters. The van der Waals surface area contributed by atoms with Crippen LogP contribution < -0.4 is 26.6 Å². The molecule has 1 rings (SSSR count). The van der Waals surface area contributed by atoms with E-state index in [2.05, 4.69) is 26.6 Å². The van der Waals surface area contributed by atoms with Crippen molar-refractivity contribution in [3.05, 3.63) is 35.9 Å². The summed E-state index contributed by atoms with van der Waals surface area (Å²) < 4.78 is 0. The van der Waals surface area contributed by atoms with E-state index < -0.39 is 17.9 Å². The molecule has 0 fully saturated rings. The largest absolute Gasteiger partial charge is 0.355 e. The molecule has 1 atom stereocenters. The standard InChI is InChI=1S/C18H27N5O4/c1-3-20-16(25)11-22-18(27)14(9-13-7-5-4-6-8-13)23-17(26)12-21-15(24)10-19-2/h4-8,14,19H,3,9-12H2,1-2H3,(H,20,25)(H,21,24)(H,22,27)(H,23,26). The zero-order valence-corrected chi connectivity index (χ0v) is 15.6. The fourth-order valence-corrected chi connectivity index (χ4v) is 2.26. The lowest BCUT2D eigenvalue weighted by atomic mass is 10.1. The van der Waals surface area contributed by atoms with Crippen LogP contribution in [0.3, 0.4) is 0 Å². The van der Waals surface area contributed by atoms with Crippen LogP contribution in [0.25, 0.3) is 0 Å². The molecule has 27 heavy (non-hydrogen) atoms. The van der Waals surface area contributed by atoms with Crippen LogP contribution in [0.2, 0.25) is 0 Å². The number of carbonyl (C=O) groups excluding carboxylic acids is 4. The zero-order chi connectivity index (χ0) is 20.1. The molecule has 0 bridgehead atoms. The second kappa shape index (κ2) is 12.4. The number of amides is 4. The SMILES string of the molecule is CCNC(=O)CNC(=O)C(Cc1ccccc1)NC(=O)CNC(=O)CNC. The molecule has 1 aromatic rings. The van der Waals surface area contributed by atoms with Crippen molar-refractivity contribution in [2.24, 2.45) is 0 Å². The molecule has 4 amide bonds. The molecule has 0 aliphatic carbocycles. The van der Waals surface area contributed by atoms with Crippen LogP contribution in [0.1, 0.15) is 12.5 Å². The number of carbonyl (C=O) groups is 4. The summed E-state index contributed by atoms with van der Waals surface area (Å²) in [7, 11) is 1.62. The Morgan fingerprint density at radius 2 is 1.48 bits per heavy atom. The van der Waals surface area contributed by atoms with Gasteiger partial charge >= 0.3 is 0 Å². The molecular formula is C18H27N5O4. The third kappa shape index (κ3) is 9.36. The van der Waals surface area contributed by atoms with Gasteiger partial charge < -0.3 is 26.6 Å². The smallest absolute Gasteiger partial charge is 0.243 e. The maximum atomic E-state index is 12.4. The third-order valence-corrected chi connectivity index (χ3v) is 3.51. The highest BCUT2D eigenvalue weighted by atomic mass is 16.2. The summed E-state index contributed by atoms with van der Waals surface area (Å²) >= 11 is 0. The van der Waals surface area contributed by atoms with Gasteiger partial charge in [0.2, 0.25) is 23.6 Å². The second-order valence-electron chi connectivity index (χ2n) is 5.79. The highest BCUT2D eigenvalue weighted by Crippen LogP contribution is 2.03. The van der Waals surface area contributed by atoms with Gasteiger partial charge in [-0.25, -0.2) is 0 Å². The van der Waals surface area contributed by atoms with E-state index in [1.807, 2.05) is 30.3 Å². The van der Waals surface area contributed by atoms with Gasteiger partial charge in [-0.3, -0.25) is 19.2 Å². The van der Waals surface area contributed by atoms with Crippen LogP contribution in [0.15, 0.2) is 30.3 Å². The fraction of sp³-hybridized carbons (Fsp3) is 0.444. The Labute approximate surface area is 158 Å². The lowest BCUT2D eigenvalue weighted by molar-refractivity contribution is -0.130. The van der Waals surface area contributed by atoms with Crippen molar-refractivity contribution in [1.82, 2.24) is 26.6 Å². The summed E-state index contributed by atoms with van der Waals surface area (Å²) in [5, 5.41) is 12.8. The van der Waals surface area contributed by atoms with Gasteiger partial charge in [-0.05, 0) is 19.5 Å². The first-order valence-electron chi connectivity index (χ1n) is 8.75. The lowest BCUT2D eigenvalue weighted by Crippen LogP contribution is -2.52. The Bertz CT molecular complexity index is 636. The summed E-state index contributed by atoms with van der Waals surface area (Å²) in [6.45, 7) is 1.92. The van der Waals surface area contributed by atoms with Crippen molar-refractivity contribution in [3.63, 3.8) is 0 Å². The van der Waals surface area contributed by atoms with Crippen LogP contribution in [0, 0.1) is 0 Å². The molecule has 1 aromatic carbocycles. The van der Waals surface area contributed by atoms with E-state index in [-0.39, 0.29) is 37.9 Å². The molecule has 5 N–H and O–H groups in total. The van der Waals surface area contributed by atoms with Gasteiger partial charge in [-0.2, -0.15) is 0 Å². The molecule has 0 spiro atoms. The van der Waals surface area contributed by atoms with Crippen molar-refractivity contribution in [2.75, 3.05) is 33.2 Å². The van der Waals surface area contributed by atoms with Crippen LogP contribution in [0.5, 0.6) is 0 Å². The highest BCUT2D eigenvalue weighted by molar-refractivity contribution is 5.92. The van der Waals surface area contributed by atoms with Crippen molar-refractivity contribution >= 4 is 23.6 Å². The Hall–Kier alpha value is -2.94. The normalized spacial score (nSPS) is 11.2. The maximum Gasteiger partial charge on any atom is 0.243 e. The van der Waals surface area contributed by atoms with Gasteiger partial charge in [0.1, 0.15) is 6.04 Å². The zero-order valence-electron chi connectivity index (χ0n) is 15.6. The van der Waals surface area contributed by atoms with Crippen LogP contribution >= 0.6 is 0 Å². The summed E-state index contributed by atoms with van der Waals surface area (Å²) in [5.41, 5.74) is 0.857. The predicted octanol–water partition coefficient (Wildman–Crippen LogP) is -1.70. The Balaban J connectivity index is 2.66. The average Bonchev–Trinajstić information content (AvgIpc) is 2.65. The summed E-state index contributed by atoms with van der Waals surface area (Å²) in [6, 6.07) is 8.33. The molecule has 9 heteroatoms. The van der Waals surface area contributed by atoms with Crippen molar-refractivity contribution in [2.45, 2.75) is 19.4 Å². The Morgan fingerprint density at radius 1 is 0.852 bits per heavy atom. The van der Waals surface area contributed by atoms with Crippen molar-refractivity contribution in [3.8, 4) is 0 Å². The third-order valence-electron chi connectivity index (χ3n) is 3.51. The minimum absolute atomic E-state index is 0.0910. The Kier molecular flexibility index (Phi) is 10.2. The summed E-state index contributed by atoms with van der Waals surface area (Å²) in [5.74, 6) is -1.60. The second-order valence-corrected chi connectivity index (χ2v) is 5.79. The van der Waals surface area contributed by atoms with Gasteiger partial charge in [-0.1, -0.05) is 30.3 Å². The first-order chi connectivity index (χ1) is 13.0. The number of hydrogen-bond acceptors (Lipinski definition) is 5. The van der Waals surface area contributed by atoms with Crippen molar-refractivity contribution < 1.29 is 19.2 Å². The van der Waals surface area contributed by atoms with Gasteiger partial charge in [-0.15, -0.1) is 0 Å². The number of hydrogen-bond donors (Lipinski definition) is 5. The number of nitrogens with one attached hydrogen (secondary N) is 5. The van der Waals surface area contributed by atoms with E-state index in [1.165, 1.54) is 0 Å². The first kappa shape index (κ1) is 22.1. The van der Waals surface area contributed by atoms with Crippen LogP contribution in [-0.4, -0.2) is 62.9 Å². The lowest BCUT2D eigenvalue weighted by Gasteiger charge is -2.19. The minimum Gasteiger partial charge on any atom is -0.355 e. The van der Waals surface area contributed by atoms with Gasteiger partial charge in [0.05, 0.1) is 19.6 Å². The van der Waals surface area contributed by atoms with E-state index in [1.54, 1.807) is 14.0 Å². The van der Waals surface area contributed by atoms with E-state index in [0.717, 1.165) is 5.56 Å². The molecule has 0 aliphatic rings. The van der Waals surface area contributed by atoms with Gasteiger partial charge in [0, 0.05) is 13.0 Å². The van der Waals surface area contributed by atoms with Crippen molar-refractivity contribution in [1.29, 1.82) is 0 Å².